The van der Waals surface area contributed by atoms with Crippen molar-refractivity contribution < 1.29 is 10.9 Å². The van der Waals surface area contributed by atoms with Gasteiger partial charge in [-0.05, 0) is 19.4 Å². The number of rotatable bonds is 5. The molecule has 0 aliphatic carbocycles. The van der Waals surface area contributed by atoms with E-state index in [1.807, 2.05) is 0 Å². The van der Waals surface area contributed by atoms with E-state index >= 15 is 0 Å². The number of hydrogen-bond donors (Lipinski definition) is 2. The molecule has 0 saturated carbocycles. The summed E-state index contributed by atoms with van der Waals surface area (Å²) in [4.78, 5) is 10.8. The van der Waals surface area contributed by atoms with Crippen LogP contribution in [0, 0.1) is 0 Å². The van der Waals surface area contributed by atoms with Crippen LogP contribution in [0.5, 0.6) is 0 Å². The molecule has 4 heteroatoms. The van der Waals surface area contributed by atoms with Crippen molar-refractivity contribution in [2.24, 2.45) is 11.5 Å². The molecular weight excluding hydrogens is 144 g/mol. The fourth-order valence-electron chi connectivity index (χ4n) is 0.663. The molecule has 11 heavy (non-hydrogen) atoms. The van der Waals surface area contributed by atoms with Crippen molar-refractivity contribution in [2.45, 2.75) is 25.3 Å². The van der Waals surface area contributed by atoms with Crippen LogP contribution in [0.1, 0.15) is 20.6 Å². The number of nitrogens with two attached hydrogens (primary N) is 2. The molecule has 0 fully saturated rings. The highest BCUT2D eigenvalue weighted by Crippen LogP contribution is 1.98. The lowest BCUT2D eigenvalue weighted by Crippen LogP contribution is -2.31. The van der Waals surface area contributed by atoms with E-state index < -0.39 is 12.0 Å². The van der Waals surface area contributed by atoms with Gasteiger partial charge < -0.3 is 16.2 Å². The van der Waals surface area contributed by atoms with Crippen molar-refractivity contribution >= 4 is 5.97 Å². The Morgan fingerprint density at radius 2 is 2.45 bits per heavy atom. The van der Waals surface area contributed by atoms with Gasteiger partial charge in [0.15, 0.2) is 0 Å². The van der Waals surface area contributed by atoms with Crippen molar-refractivity contribution in [3.8, 4) is 0 Å². The third kappa shape index (κ3) is 4.75. The van der Waals surface area contributed by atoms with Gasteiger partial charge in [0.05, 0.1) is 7.11 Å². The highest BCUT2D eigenvalue weighted by atomic mass is 16.5. The van der Waals surface area contributed by atoms with Gasteiger partial charge in [-0.1, -0.05) is 6.40 Å². The second-order valence-electron chi connectivity index (χ2n) is 2.23. The summed E-state index contributed by atoms with van der Waals surface area (Å²) in [5, 5.41) is 0. The van der Waals surface area contributed by atoms with E-state index in [-0.39, 0.29) is 6.40 Å². The molecule has 0 rings (SSSR count). The zero-order valence-corrected chi connectivity index (χ0v) is 6.75. The van der Waals surface area contributed by atoms with Crippen molar-refractivity contribution in [1.82, 2.24) is 0 Å². The normalized spacial score (nSPS) is 16.8. The summed E-state index contributed by atoms with van der Waals surface area (Å²) < 4.78 is 11.8. The van der Waals surface area contributed by atoms with Crippen molar-refractivity contribution in [3.05, 3.63) is 0 Å². The maximum absolute atomic E-state index is 10.8. The predicted octanol–water partition coefficient (Wildman–Crippen LogP) is -0.384. The fourth-order valence-corrected chi connectivity index (χ4v) is 0.663. The van der Waals surface area contributed by atoms with Gasteiger partial charge in [0.2, 0.25) is 0 Å². The van der Waals surface area contributed by atoms with Crippen LogP contribution >= 0.6 is 0 Å². The first kappa shape index (κ1) is 8.49. The quantitative estimate of drug-likeness (QED) is 0.538. The third-order valence-electron chi connectivity index (χ3n) is 1.30. The van der Waals surface area contributed by atoms with E-state index in [9.17, 15) is 4.79 Å². The molecule has 1 unspecified atom stereocenters. The van der Waals surface area contributed by atoms with Gasteiger partial charge in [0, 0.05) is 1.37 Å². The van der Waals surface area contributed by atoms with Crippen LogP contribution in [0.25, 0.3) is 0 Å². The largest absolute Gasteiger partial charge is 0.468 e. The molecule has 0 aromatic heterocycles. The molecule has 0 aliphatic heterocycles. The molecule has 0 aromatic carbocycles. The molecule has 0 spiro atoms. The summed E-state index contributed by atoms with van der Waals surface area (Å²) in [6.45, 7) is 0.446. The van der Waals surface area contributed by atoms with Crippen LogP contribution in [0.15, 0.2) is 0 Å². The molecule has 0 aromatic rings. The molecular formula is C7H16N2O2. The summed E-state index contributed by atoms with van der Waals surface area (Å²) in [6, 6.07) is -0.691. The zero-order chi connectivity index (χ0) is 9.56. The Morgan fingerprint density at radius 1 is 1.82 bits per heavy atom. The monoisotopic (exact) mass is 161 g/mol. The summed E-state index contributed by atoms with van der Waals surface area (Å²) in [5.74, 6) is -0.468. The SMILES string of the molecule is [2H]C(CCN)C[C@H](N)C(=O)OC. The lowest BCUT2D eigenvalue weighted by Gasteiger charge is -2.07. The molecule has 0 bridgehead atoms. The van der Waals surface area contributed by atoms with Gasteiger partial charge >= 0.3 is 5.97 Å². The fraction of sp³-hybridized carbons (Fsp3) is 0.857. The van der Waals surface area contributed by atoms with Gasteiger partial charge in [0.1, 0.15) is 6.04 Å². The Kier molecular flexibility index (Phi) is 4.72. The Hall–Kier alpha value is -0.610. The van der Waals surface area contributed by atoms with Crippen LogP contribution in [-0.2, 0) is 9.53 Å². The van der Waals surface area contributed by atoms with E-state index in [0.29, 0.717) is 19.4 Å². The molecule has 0 saturated heterocycles. The topological polar surface area (TPSA) is 78.3 Å². The number of hydrogen-bond acceptors (Lipinski definition) is 4. The Morgan fingerprint density at radius 3 is 2.91 bits per heavy atom. The zero-order valence-electron chi connectivity index (χ0n) is 7.75. The number of esters is 1. The molecule has 0 radical (unpaired) electrons. The summed E-state index contributed by atoms with van der Waals surface area (Å²) in [6.07, 6.45) is 0.498. The first-order chi connectivity index (χ1) is 5.61. The van der Waals surface area contributed by atoms with Crippen LogP contribution in [-0.4, -0.2) is 25.7 Å². The first-order valence-electron chi connectivity index (χ1n) is 4.15. The molecule has 0 aliphatic rings. The lowest BCUT2D eigenvalue weighted by atomic mass is 10.1. The number of carbonyl (C=O) groups excluding carboxylic acids is 1. The number of ether oxygens (including phenoxy) is 1. The van der Waals surface area contributed by atoms with E-state index in [1.54, 1.807) is 0 Å². The molecule has 4 N–H and O–H groups in total. The van der Waals surface area contributed by atoms with Gasteiger partial charge in [-0.25, -0.2) is 0 Å². The highest BCUT2D eigenvalue weighted by molar-refractivity contribution is 5.75. The maximum atomic E-state index is 10.8. The summed E-state index contributed by atoms with van der Waals surface area (Å²) >= 11 is 0. The summed E-state index contributed by atoms with van der Waals surface area (Å²) in [5.41, 5.74) is 10.7. The van der Waals surface area contributed by atoms with Gasteiger partial charge in [-0.2, -0.15) is 0 Å². The standard InChI is InChI=1S/C7H16N2O2/c1-11-7(10)6(9)4-2-3-5-8/h6H,2-5,8-9H2,1H3/t6-/m0/s1/i2D/t2?,6-. The van der Waals surface area contributed by atoms with Gasteiger partial charge in [0.25, 0.3) is 0 Å². The number of methoxy groups -OCH3 is 1. The molecule has 66 valence electrons. The minimum Gasteiger partial charge on any atom is -0.468 e. The average molecular weight is 161 g/mol. The van der Waals surface area contributed by atoms with Crippen molar-refractivity contribution in [1.29, 1.82) is 0 Å². The second kappa shape index (κ2) is 6.12. The van der Waals surface area contributed by atoms with Gasteiger partial charge in [-0.15, -0.1) is 0 Å². The molecule has 2 atom stereocenters. The van der Waals surface area contributed by atoms with Crippen LogP contribution in [0.4, 0.5) is 0 Å². The van der Waals surface area contributed by atoms with E-state index in [1.165, 1.54) is 7.11 Å². The second-order valence-corrected chi connectivity index (χ2v) is 2.23. The Labute approximate surface area is 68.3 Å². The van der Waals surface area contributed by atoms with Gasteiger partial charge in [-0.3, -0.25) is 4.79 Å². The molecule has 0 amide bonds. The Balaban J connectivity index is 3.67. The summed E-state index contributed by atoms with van der Waals surface area (Å²) in [7, 11) is 1.28. The van der Waals surface area contributed by atoms with E-state index in [2.05, 4.69) is 4.74 Å². The minimum absolute atomic E-state index is 0.309. The predicted molar refractivity (Wildman–Crippen MR) is 42.9 cm³/mol. The van der Waals surface area contributed by atoms with E-state index in [4.69, 9.17) is 12.8 Å². The lowest BCUT2D eigenvalue weighted by molar-refractivity contribution is -0.142. The maximum Gasteiger partial charge on any atom is 0.322 e. The van der Waals surface area contributed by atoms with E-state index in [0.717, 1.165) is 0 Å². The average Bonchev–Trinajstić information content (AvgIpc) is 2.03. The van der Waals surface area contributed by atoms with Crippen LogP contribution in [0.2, 0.25) is 0 Å². The van der Waals surface area contributed by atoms with Crippen molar-refractivity contribution in [2.75, 3.05) is 13.7 Å². The first-order valence-corrected chi connectivity index (χ1v) is 3.57. The molecule has 4 nitrogen and oxygen atoms in total. The Bertz CT molecular complexity index is 143. The molecule has 0 heterocycles. The third-order valence-corrected chi connectivity index (χ3v) is 1.30. The van der Waals surface area contributed by atoms with Crippen molar-refractivity contribution in [3.63, 3.8) is 0 Å². The smallest absolute Gasteiger partial charge is 0.322 e. The van der Waals surface area contributed by atoms with Crippen LogP contribution in [0.3, 0.4) is 0 Å². The minimum atomic E-state index is -0.691. The van der Waals surface area contributed by atoms with Crippen LogP contribution < -0.4 is 11.5 Å². The number of carbonyl (C=O) groups is 1. The highest BCUT2D eigenvalue weighted by Gasteiger charge is 2.11.